The summed E-state index contributed by atoms with van der Waals surface area (Å²) < 4.78 is 5.87. The first-order chi connectivity index (χ1) is 14.0. The minimum Gasteiger partial charge on any atom is -0.493 e. The summed E-state index contributed by atoms with van der Waals surface area (Å²) in [6, 6.07) is 14.7. The summed E-state index contributed by atoms with van der Waals surface area (Å²) in [5.41, 5.74) is 1.94. The zero-order chi connectivity index (χ0) is 20.4. The number of carbonyl (C=O) groups is 3. The van der Waals surface area contributed by atoms with Crippen LogP contribution in [0.3, 0.4) is 0 Å². The van der Waals surface area contributed by atoms with Gasteiger partial charge in [-0.3, -0.25) is 19.3 Å². The highest BCUT2D eigenvalue weighted by Crippen LogP contribution is 2.24. The van der Waals surface area contributed by atoms with Crippen molar-refractivity contribution in [2.45, 2.75) is 19.8 Å². The lowest BCUT2D eigenvalue weighted by atomic mass is 9.97. The average Bonchev–Trinajstić information content (AvgIpc) is 2.99. The fourth-order valence-corrected chi connectivity index (χ4v) is 3.82. The largest absolute Gasteiger partial charge is 0.493 e. The van der Waals surface area contributed by atoms with Crippen LogP contribution in [0.2, 0.25) is 0 Å². The van der Waals surface area contributed by atoms with E-state index >= 15 is 0 Å². The van der Waals surface area contributed by atoms with Crippen LogP contribution in [0.5, 0.6) is 5.75 Å². The number of benzene rings is 2. The lowest BCUT2D eigenvalue weighted by molar-refractivity contribution is -0.133. The van der Waals surface area contributed by atoms with Gasteiger partial charge >= 0.3 is 0 Å². The topological polar surface area (TPSA) is 66.9 Å². The maximum absolute atomic E-state index is 12.7. The van der Waals surface area contributed by atoms with E-state index < -0.39 is 0 Å². The van der Waals surface area contributed by atoms with Gasteiger partial charge in [0.15, 0.2) is 0 Å². The van der Waals surface area contributed by atoms with E-state index in [1.807, 2.05) is 31.2 Å². The number of hydrogen-bond donors (Lipinski definition) is 0. The molecule has 2 aliphatic rings. The van der Waals surface area contributed by atoms with Crippen LogP contribution in [-0.2, 0) is 4.79 Å². The molecule has 3 amide bonds. The van der Waals surface area contributed by atoms with Crippen LogP contribution in [0.15, 0.2) is 48.5 Å². The van der Waals surface area contributed by atoms with Crippen LogP contribution in [0, 0.1) is 12.8 Å². The number of ether oxygens (including phenoxy) is 1. The number of piperidine rings is 1. The summed E-state index contributed by atoms with van der Waals surface area (Å²) in [4.78, 5) is 40.3. The van der Waals surface area contributed by atoms with Crippen LogP contribution in [0.4, 0.5) is 0 Å². The summed E-state index contributed by atoms with van der Waals surface area (Å²) in [5, 5.41) is 0. The van der Waals surface area contributed by atoms with Crippen molar-refractivity contribution < 1.29 is 19.1 Å². The Balaban J connectivity index is 1.27. The number of likely N-dealkylation sites (tertiary alicyclic amines) is 1. The molecule has 29 heavy (non-hydrogen) atoms. The Morgan fingerprint density at radius 2 is 1.55 bits per heavy atom. The maximum atomic E-state index is 12.7. The van der Waals surface area contributed by atoms with Crippen LogP contribution < -0.4 is 4.74 Å². The Labute approximate surface area is 170 Å². The lowest BCUT2D eigenvalue weighted by Crippen LogP contribution is -2.46. The van der Waals surface area contributed by atoms with Gasteiger partial charge in [-0.2, -0.15) is 0 Å². The number of amides is 3. The first kappa shape index (κ1) is 19.2. The highest BCUT2D eigenvalue weighted by atomic mass is 16.5. The van der Waals surface area contributed by atoms with Gasteiger partial charge in [0.2, 0.25) is 5.91 Å². The van der Waals surface area contributed by atoms with Crippen molar-refractivity contribution >= 4 is 17.7 Å². The molecule has 1 fully saturated rings. The van der Waals surface area contributed by atoms with Gasteiger partial charge in [-0.15, -0.1) is 0 Å². The minimum atomic E-state index is -0.389. The van der Waals surface area contributed by atoms with Gasteiger partial charge in [0.05, 0.1) is 17.7 Å². The normalized spacial score (nSPS) is 16.9. The Kier molecular flexibility index (Phi) is 5.34. The number of imide groups is 1. The van der Waals surface area contributed by atoms with Gasteiger partial charge < -0.3 is 9.64 Å². The van der Waals surface area contributed by atoms with E-state index in [1.165, 1.54) is 5.56 Å². The molecule has 2 aromatic carbocycles. The molecule has 0 N–H and O–H groups in total. The number of rotatable bonds is 5. The average molecular weight is 392 g/mol. The van der Waals surface area contributed by atoms with Crippen molar-refractivity contribution in [3.8, 4) is 5.75 Å². The van der Waals surface area contributed by atoms with Crippen molar-refractivity contribution in [3.63, 3.8) is 0 Å². The molecule has 0 aliphatic carbocycles. The molecule has 0 radical (unpaired) electrons. The minimum absolute atomic E-state index is 0.183. The highest BCUT2D eigenvalue weighted by molar-refractivity contribution is 6.22. The van der Waals surface area contributed by atoms with Gasteiger partial charge in [-0.1, -0.05) is 29.8 Å². The predicted molar refractivity (Wildman–Crippen MR) is 108 cm³/mol. The van der Waals surface area contributed by atoms with Crippen molar-refractivity contribution in [1.29, 1.82) is 0 Å². The van der Waals surface area contributed by atoms with Crippen LogP contribution in [0.25, 0.3) is 0 Å². The van der Waals surface area contributed by atoms with Gasteiger partial charge in [0.25, 0.3) is 11.8 Å². The van der Waals surface area contributed by atoms with E-state index in [2.05, 4.69) is 0 Å². The number of aryl methyl sites for hydroxylation is 1. The summed E-state index contributed by atoms with van der Waals surface area (Å²) in [7, 11) is 0. The molecule has 2 heterocycles. The standard InChI is InChI=1S/C23H24N2O4/c1-16-6-8-18(9-7-16)29-15-17-10-12-24(13-11-17)21(26)14-25-22(27)19-4-2-3-5-20(19)23(25)28/h2-9,17H,10-15H2,1H3. The molecule has 0 bridgehead atoms. The van der Waals surface area contributed by atoms with E-state index in [-0.39, 0.29) is 24.3 Å². The SMILES string of the molecule is Cc1ccc(OCC2CCN(C(=O)CN3C(=O)c4ccccc4C3=O)CC2)cc1. The molecule has 6 nitrogen and oxygen atoms in total. The van der Waals surface area contributed by atoms with Gasteiger partial charge in [-0.05, 0) is 49.9 Å². The van der Waals surface area contributed by atoms with E-state index in [0.29, 0.717) is 36.7 Å². The number of fused-ring (bicyclic) bond motifs is 1. The van der Waals surface area contributed by atoms with Crippen LogP contribution >= 0.6 is 0 Å². The van der Waals surface area contributed by atoms with Gasteiger partial charge in [0.1, 0.15) is 12.3 Å². The van der Waals surface area contributed by atoms with E-state index in [9.17, 15) is 14.4 Å². The highest BCUT2D eigenvalue weighted by Gasteiger charge is 2.37. The van der Waals surface area contributed by atoms with Crippen molar-refractivity contribution in [2.24, 2.45) is 5.92 Å². The quantitative estimate of drug-likeness (QED) is 0.734. The van der Waals surface area contributed by atoms with E-state index in [1.54, 1.807) is 29.2 Å². The molecular formula is C23H24N2O4. The number of nitrogens with zero attached hydrogens (tertiary/aromatic N) is 2. The third kappa shape index (κ3) is 4.01. The first-order valence-electron chi connectivity index (χ1n) is 9.95. The van der Waals surface area contributed by atoms with E-state index in [4.69, 9.17) is 4.74 Å². The molecule has 0 unspecified atom stereocenters. The Hall–Kier alpha value is -3.15. The monoisotopic (exact) mass is 392 g/mol. The summed E-state index contributed by atoms with van der Waals surface area (Å²) in [6.45, 7) is 3.70. The lowest BCUT2D eigenvalue weighted by Gasteiger charge is -2.32. The molecule has 6 heteroatoms. The van der Waals surface area contributed by atoms with Gasteiger partial charge in [-0.25, -0.2) is 0 Å². The molecule has 0 saturated carbocycles. The fraction of sp³-hybridized carbons (Fsp3) is 0.348. The summed E-state index contributed by atoms with van der Waals surface area (Å²) in [5.74, 6) is 0.289. The molecule has 0 aromatic heterocycles. The molecule has 150 valence electrons. The van der Waals surface area contributed by atoms with E-state index in [0.717, 1.165) is 23.5 Å². The second kappa shape index (κ2) is 8.07. The van der Waals surface area contributed by atoms with Crippen molar-refractivity contribution in [2.75, 3.05) is 26.2 Å². The first-order valence-corrected chi connectivity index (χ1v) is 9.95. The van der Waals surface area contributed by atoms with Crippen molar-refractivity contribution in [3.05, 3.63) is 65.2 Å². The van der Waals surface area contributed by atoms with Crippen molar-refractivity contribution in [1.82, 2.24) is 9.80 Å². The second-order valence-electron chi connectivity index (χ2n) is 7.69. The Bertz CT molecular complexity index is 895. The molecule has 2 aromatic rings. The molecule has 2 aliphatic heterocycles. The molecule has 4 rings (SSSR count). The second-order valence-corrected chi connectivity index (χ2v) is 7.69. The van der Waals surface area contributed by atoms with Crippen LogP contribution in [-0.4, -0.2) is 53.8 Å². The van der Waals surface area contributed by atoms with Gasteiger partial charge in [0, 0.05) is 13.1 Å². The van der Waals surface area contributed by atoms with Crippen LogP contribution in [0.1, 0.15) is 39.1 Å². The zero-order valence-corrected chi connectivity index (χ0v) is 16.5. The summed E-state index contributed by atoms with van der Waals surface area (Å²) in [6.07, 6.45) is 1.69. The maximum Gasteiger partial charge on any atom is 0.262 e. The number of carbonyl (C=O) groups excluding carboxylic acids is 3. The molecule has 0 spiro atoms. The molecular weight excluding hydrogens is 368 g/mol. The summed E-state index contributed by atoms with van der Waals surface area (Å²) >= 11 is 0. The zero-order valence-electron chi connectivity index (χ0n) is 16.5. The fourth-order valence-electron chi connectivity index (χ4n) is 3.82. The third-order valence-corrected chi connectivity index (χ3v) is 5.65. The Morgan fingerprint density at radius 1 is 0.966 bits per heavy atom. The third-order valence-electron chi connectivity index (χ3n) is 5.65. The Morgan fingerprint density at radius 3 is 2.14 bits per heavy atom. The predicted octanol–water partition coefficient (Wildman–Crippen LogP) is 2.91. The molecule has 1 saturated heterocycles. The number of hydrogen-bond acceptors (Lipinski definition) is 4. The molecule has 0 atom stereocenters. The smallest absolute Gasteiger partial charge is 0.262 e.